The number of carboxylic acids is 1. The number of carboxylic acid groups (broad SMARTS) is 1. The molecule has 0 aliphatic rings. The van der Waals surface area contributed by atoms with Crippen LogP contribution < -0.4 is 0 Å². The lowest BCUT2D eigenvalue weighted by atomic mass is 10.1. The molecular weight excluding hydrogens is 304 g/mol. The number of carbonyl (C=O) groups is 1. The number of allylic oxidation sites excluding steroid dienone is 4. The fourth-order valence-electron chi connectivity index (χ4n) is 2.27. The monoisotopic (exact) mass is 338 g/mol. The van der Waals surface area contributed by atoms with E-state index in [1.54, 1.807) is 0 Å². The van der Waals surface area contributed by atoms with E-state index in [0.29, 0.717) is 6.42 Å². The summed E-state index contributed by atoms with van der Waals surface area (Å²) in [6.45, 7) is 2.19. The highest BCUT2D eigenvalue weighted by atomic mass is 17.1. The van der Waals surface area contributed by atoms with E-state index >= 15 is 0 Å². The third-order valence-electron chi connectivity index (χ3n) is 3.73. The zero-order chi connectivity index (χ0) is 17.9. The predicted octanol–water partition coefficient (Wildman–Crippen LogP) is 5.91. The summed E-state index contributed by atoms with van der Waals surface area (Å²) in [5, 5.41) is 17.4. The largest absolute Gasteiger partial charge is 0.481 e. The summed E-state index contributed by atoms with van der Waals surface area (Å²) in [4.78, 5) is 14.8. The van der Waals surface area contributed by atoms with Gasteiger partial charge >= 0.3 is 5.97 Å². The van der Waals surface area contributed by atoms with E-state index in [0.717, 1.165) is 38.5 Å². The first kappa shape index (κ1) is 22.6. The zero-order valence-corrected chi connectivity index (χ0v) is 15.0. The van der Waals surface area contributed by atoms with Crippen molar-refractivity contribution in [3.05, 3.63) is 36.5 Å². The van der Waals surface area contributed by atoms with Crippen LogP contribution in [0.15, 0.2) is 36.5 Å². The normalized spacial score (nSPS) is 13.4. The molecule has 4 nitrogen and oxygen atoms in total. The van der Waals surface area contributed by atoms with Crippen molar-refractivity contribution in [2.45, 2.75) is 83.7 Å². The lowest BCUT2D eigenvalue weighted by molar-refractivity contribution is -0.264. The lowest BCUT2D eigenvalue weighted by Crippen LogP contribution is -2.04. The molecule has 0 heterocycles. The second-order valence-electron chi connectivity index (χ2n) is 6.01. The van der Waals surface area contributed by atoms with Gasteiger partial charge in [0.2, 0.25) is 0 Å². The summed E-state index contributed by atoms with van der Waals surface area (Å²) >= 11 is 0. The zero-order valence-electron chi connectivity index (χ0n) is 15.0. The standard InChI is InChI=1S/C20H34O4/c1-2-3-4-5-7-10-13-16-19(24-23)17-14-11-8-6-9-12-15-18-20(21)22/h7,10-11,13-14,16,19,23H,2-6,8-9,12,15,17-18H2,1H3,(H,21,22)/b10-7-,14-11-,16-13+. The van der Waals surface area contributed by atoms with Gasteiger partial charge in [0.15, 0.2) is 0 Å². The van der Waals surface area contributed by atoms with E-state index in [4.69, 9.17) is 10.4 Å². The van der Waals surface area contributed by atoms with Crippen molar-refractivity contribution < 1.29 is 20.0 Å². The minimum atomic E-state index is -0.714. The van der Waals surface area contributed by atoms with Gasteiger partial charge in [0.1, 0.15) is 6.10 Å². The molecule has 0 aromatic carbocycles. The maximum absolute atomic E-state index is 10.4. The molecule has 0 aromatic heterocycles. The summed E-state index contributed by atoms with van der Waals surface area (Å²) in [6.07, 6.45) is 22.3. The first-order valence-electron chi connectivity index (χ1n) is 9.21. The van der Waals surface area contributed by atoms with E-state index < -0.39 is 5.97 Å². The van der Waals surface area contributed by atoms with Gasteiger partial charge in [-0.15, -0.1) is 0 Å². The maximum Gasteiger partial charge on any atom is 0.303 e. The van der Waals surface area contributed by atoms with Gasteiger partial charge in [-0.1, -0.05) is 69.1 Å². The van der Waals surface area contributed by atoms with Crippen molar-refractivity contribution in [3.8, 4) is 0 Å². The topological polar surface area (TPSA) is 66.8 Å². The smallest absolute Gasteiger partial charge is 0.303 e. The summed E-state index contributed by atoms with van der Waals surface area (Å²) in [5.41, 5.74) is 0. The van der Waals surface area contributed by atoms with Gasteiger partial charge in [-0.05, 0) is 38.5 Å². The van der Waals surface area contributed by atoms with E-state index in [-0.39, 0.29) is 12.5 Å². The second kappa shape index (κ2) is 18.0. The molecule has 0 radical (unpaired) electrons. The molecular formula is C20H34O4. The Balaban J connectivity index is 3.67. The van der Waals surface area contributed by atoms with Gasteiger partial charge in [-0.2, -0.15) is 0 Å². The Morgan fingerprint density at radius 2 is 1.67 bits per heavy atom. The average Bonchev–Trinajstić information content (AvgIpc) is 2.57. The van der Waals surface area contributed by atoms with Crippen molar-refractivity contribution in [3.63, 3.8) is 0 Å². The molecule has 0 rings (SSSR count). The van der Waals surface area contributed by atoms with Crippen LogP contribution in [-0.2, 0) is 9.68 Å². The molecule has 0 bridgehead atoms. The Kier molecular flexibility index (Phi) is 16.9. The minimum Gasteiger partial charge on any atom is -0.481 e. The summed E-state index contributed by atoms with van der Waals surface area (Å²) in [7, 11) is 0. The second-order valence-corrected chi connectivity index (χ2v) is 6.01. The number of hydrogen-bond donors (Lipinski definition) is 2. The predicted molar refractivity (Wildman–Crippen MR) is 99.0 cm³/mol. The molecule has 2 N–H and O–H groups in total. The van der Waals surface area contributed by atoms with E-state index in [1.807, 2.05) is 24.3 Å². The van der Waals surface area contributed by atoms with Crippen LogP contribution in [0, 0.1) is 0 Å². The van der Waals surface area contributed by atoms with Crippen molar-refractivity contribution >= 4 is 5.97 Å². The number of aliphatic carboxylic acids is 1. The Bertz CT molecular complexity index is 372. The summed E-state index contributed by atoms with van der Waals surface area (Å²) in [5.74, 6) is -0.714. The molecule has 0 aromatic rings. The first-order chi connectivity index (χ1) is 11.7. The molecule has 4 heteroatoms. The van der Waals surface area contributed by atoms with Crippen molar-refractivity contribution in [1.82, 2.24) is 0 Å². The van der Waals surface area contributed by atoms with Crippen LogP contribution in [0.2, 0.25) is 0 Å². The Morgan fingerprint density at radius 3 is 2.38 bits per heavy atom. The van der Waals surface area contributed by atoms with Crippen LogP contribution in [-0.4, -0.2) is 22.4 Å². The molecule has 0 aliphatic heterocycles. The first-order valence-corrected chi connectivity index (χ1v) is 9.21. The molecule has 138 valence electrons. The van der Waals surface area contributed by atoms with Crippen LogP contribution in [0.3, 0.4) is 0 Å². The molecule has 0 amide bonds. The van der Waals surface area contributed by atoms with Crippen molar-refractivity contribution in [1.29, 1.82) is 0 Å². The highest BCUT2D eigenvalue weighted by Crippen LogP contribution is 2.07. The Labute approximate surface area is 146 Å². The Hall–Kier alpha value is -1.39. The summed E-state index contributed by atoms with van der Waals surface area (Å²) < 4.78 is 0. The van der Waals surface area contributed by atoms with Crippen molar-refractivity contribution in [2.24, 2.45) is 0 Å². The van der Waals surface area contributed by atoms with Crippen LogP contribution in [0.5, 0.6) is 0 Å². The molecule has 0 saturated heterocycles. The highest BCUT2D eigenvalue weighted by Gasteiger charge is 2.00. The molecule has 0 aliphatic carbocycles. The van der Waals surface area contributed by atoms with Crippen LogP contribution >= 0.6 is 0 Å². The van der Waals surface area contributed by atoms with Gasteiger partial charge in [-0.3, -0.25) is 10.1 Å². The molecule has 1 atom stereocenters. The van der Waals surface area contributed by atoms with Crippen LogP contribution in [0.4, 0.5) is 0 Å². The van der Waals surface area contributed by atoms with Gasteiger partial charge < -0.3 is 5.11 Å². The van der Waals surface area contributed by atoms with Crippen LogP contribution in [0.1, 0.15) is 77.6 Å². The fourth-order valence-corrected chi connectivity index (χ4v) is 2.27. The third kappa shape index (κ3) is 17.0. The van der Waals surface area contributed by atoms with E-state index in [9.17, 15) is 4.79 Å². The minimum absolute atomic E-state index is 0.269. The highest BCUT2D eigenvalue weighted by molar-refractivity contribution is 5.66. The van der Waals surface area contributed by atoms with E-state index in [1.165, 1.54) is 19.3 Å². The molecule has 24 heavy (non-hydrogen) atoms. The number of unbranched alkanes of at least 4 members (excludes halogenated alkanes) is 7. The third-order valence-corrected chi connectivity index (χ3v) is 3.73. The van der Waals surface area contributed by atoms with Crippen LogP contribution in [0.25, 0.3) is 0 Å². The SMILES string of the molecule is CCCCC/C=C\C=C\C(C/C=C\CCCCCCC(=O)O)OO. The summed E-state index contributed by atoms with van der Waals surface area (Å²) in [6, 6.07) is 0. The van der Waals surface area contributed by atoms with Gasteiger partial charge in [0, 0.05) is 6.42 Å². The lowest BCUT2D eigenvalue weighted by Gasteiger charge is -2.04. The quantitative estimate of drug-likeness (QED) is 0.121. The Morgan fingerprint density at radius 1 is 0.958 bits per heavy atom. The van der Waals surface area contributed by atoms with Gasteiger partial charge in [0.25, 0.3) is 0 Å². The number of hydrogen-bond acceptors (Lipinski definition) is 3. The van der Waals surface area contributed by atoms with Gasteiger partial charge in [0.05, 0.1) is 0 Å². The molecule has 1 unspecified atom stereocenters. The average molecular weight is 338 g/mol. The van der Waals surface area contributed by atoms with Crippen molar-refractivity contribution in [2.75, 3.05) is 0 Å². The maximum atomic E-state index is 10.4. The molecule has 0 saturated carbocycles. The number of rotatable bonds is 16. The fraction of sp³-hybridized carbons (Fsp3) is 0.650. The molecule has 0 spiro atoms. The molecule has 0 fully saturated rings. The van der Waals surface area contributed by atoms with Gasteiger partial charge in [-0.25, -0.2) is 4.89 Å². The van der Waals surface area contributed by atoms with E-state index in [2.05, 4.69) is 24.0 Å².